The lowest BCUT2D eigenvalue weighted by Gasteiger charge is -2.08. The summed E-state index contributed by atoms with van der Waals surface area (Å²) < 4.78 is 2.55. The number of hydrogen-bond acceptors (Lipinski definition) is 4. The van der Waals surface area contributed by atoms with Crippen LogP contribution >= 0.6 is 0 Å². The molecule has 106 valence electrons. The Bertz CT molecular complexity index is 703. The van der Waals surface area contributed by atoms with Crippen molar-refractivity contribution >= 4 is 17.5 Å². The van der Waals surface area contributed by atoms with Crippen LogP contribution in [0, 0.1) is 0 Å². The highest BCUT2D eigenvalue weighted by Crippen LogP contribution is 1.96. The summed E-state index contributed by atoms with van der Waals surface area (Å²) in [4.78, 5) is 34.0. The van der Waals surface area contributed by atoms with Crippen molar-refractivity contribution in [1.29, 1.82) is 0 Å². The van der Waals surface area contributed by atoms with Crippen LogP contribution in [0.1, 0.15) is 13.3 Å². The first-order chi connectivity index (χ1) is 9.49. The number of carboxylic acids is 1. The summed E-state index contributed by atoms with van der Waals surface area (Å²) in [7, 11) is 0. The van der Waals surface area contributed by atoms with Crippen molar-refractivity contribution in [3.05, 3.63) is 34.9 Å². The second kappa shape index (κ2) is 5.55. The van der Waals surface area contributed by atoms with Crippen molar-refractivity contribution in [3.63, 3.8) is 0 Å². The van der Waals surface area contributed by atoms with Crippen LogP contribution in [0.2, 0.25) is 0 Å². The third-order valence-corrected chi connectivity index (χ3v) is 2.79. The molecule has 0 spiro atoms. The number of hydrogen-bond donors (Lipinski definition) is 2. The summed E-state index contributed by atoms with van der Waals surface area (Å²) in [6.07, 6.45) is 1.58. The Morgan fingerprint density at radius 3 is 2.85 bits per heavy atom. The highest BCUT2D eigenvalue weighted by molar-refractivity contribution is 5.83. The van der Waals surface area contributed by atoms with Gasteiger partial charge >= 0.3 is 11.7 Å². The van der Waals surface area contributed by atoms with Crippen molar-refractivity contribution in [2.75, 3.05) is 0 Å². The molecule has 2 aromatic heterocycles. The highest BCUT2D eigenvalue weighted by atomic mass is 16.4. The molecule has 1 amide bonds. The average Bonchev–Trinajstić information content (AvgIpc) is 2.73. The van der Waals surface area contributed by atoms with Crippen LogP contribution in [0.4, 0.5) is 0 Å². The predicted molar refractivity (Wildman–Crippen MR) is 69.3 cm³/mol. The SMILES string of the molecule is C[C@@H](NC(=O)CCn1nc2ccccn2c1=O)C(=O)O. The van der Waals surface area contributed by atoms with Crippen LogP contribution in [-0.4, -0.2) is 37.2 Å². The van der Waals surface area contributed by atoms with Gasteiger partial charge in [-0.3, -0.25) is 14.0 Å². The number of rotatable bonds is 5. The molecule has 20 heavy (non-hydrogen) atoms. The molecular formula is C12H14N4O4. The molecule has 0 aliphatic rings. The van der Waals surface area contributed by atoms with Gasteiger partial charge in [-0.25, -0.2) is 9.48 Å². The Kier molecular flexibility index (Phi) is 3.83. The first kappa shape index (κ1) is 13.8. The molecule has 1 atom stereocenters. The normalized spacial score (nSPS) is 12.2. The van der Waals surface area contributed by atoms with Crippen LogP contribution < -0.4 is 11.0 Å². The molecule has 0 bridgehead atoms. The van der Waals surface area contributed by atoms with E-state index in [1.54, 1.807) is 24.4 Å². The maximum absolute atomic E-state index is 11.9. The van der Waals surface area contributed by atoms with E-state index in [9.17, 15) is 14.4 Å². The highest BCUT2D eigenvalue weighted by Gasteiger charge is 2.14. The Hall–Kier alpha value is -2.64. The van der Waals surface area contributed by atoms with Gasteiger partial charge in [-0.15, -0.1) is 5.10 Å². The molecule has 0 radical (unpaired) electrons. The third-order valence-electron chi connectivity index (χ3n) is 2.79. The standard InChI is InChI=1S/C12H14N4O4/c1-8(11(18)19)13-10(17)5-7-16-12(20)15-6-3-2-4-9(15)14-16/h2-4,6,8H,5,7H2,1H3,(H,13,17)(H,18,19)/t8-/m1/s1. The van der Waals surface area contributed by atoms with E-state index in [2.05, 4.69) is 10.4 Å². The fourth-order valence-electron chi connectivity index (χ4n) is 1.70. The van der Waals surface area contributed by atoms with Crippen molar-refractivity contribution in [1.82, 2.24) is 19.5 Å². The summed E-state index contributed by atoms with van der Waals surface area (Å²) in [5.41, 5.74) is 0.163. The number of nitrogens with one attached hydrogen (secondary N) is 1. The van der Waals surface area contributed by atoms with Gasteiger partial charge in [-0.1, -0.05) is 6.07 Å². The van der Waals surface area contributed by atoms with E-state index < -0.39 is 17.9 Å². The maximum Gasteiger partial charge on any atom is 0.350 e. The number of amides is 1. The van der Waals surface area contributed by atoms with Crippen molar-refractivity contribution in [3.8, 4) is 0 Å². The average molecular weight is 278 g/mol. The van der Waals surface area contributed by atoms with Gasteiger partial charge < -0.3 is 10.4 Å². The van der Waals surface area contributed by atoms with Gasteiger partial charge in [0.1, 0.15) is 6.04 Å². The number of nitrogens with zero attached hydrogens (tertiary/aromatic N) is 3. The first-order valence-electron chi connectivity index (χ1n) is 6.05. The van der Waals surface area contributed by atoms with Crippen LogP contribution in [0.3, 0.4) is 0 Å². The summed E-state index contributed by atoms with van der Waals surface area (Å²) in [6, 6.07) is 4.19. The van der Waals surface area contributed by atoms with Crippen LogP contribution in [0.25, 0.3) is 5.65 Å². The van der Waals surface area contributed by atoms with Crippen LogP contribution in [0.5, 0.6) is 0 Å². The quantitative estimate of drug-likeness (QED) is 0.765. The molecule has 0 aromatic carbocycles. The summed E-state index contributed by atoms with van der Waals surface area (Å²) in [6.45, 7) is 1.47. The van der Waals surface area contributed by atoms with E-state index in [1.165, 1.54) is 16.0 Å². The number of carboxylic acid groups (broad SMARTS) is 1. The lowest BCUT2D eigenvalue weighted by molar-refractivity contribution is -0.141. The van der Waals surface area contributed by atoms with E-state index in [0.29, 0.717) is 5.65 Å². The number of aromatic nitrogens is 3. The van der Waals surface area contributed by atoms with Gasteiger partial charge in [-0.05, 0) is 19.1 Å². The van der Waals surface area contributed by atoms with Gasteiger partial charge in [0.25, 0.3) is 0 Å². The number of pyridine rings is 1. The Labute approximate surface area is 113 Å². The molecule has 8 heteroatoms. The lowest BCUT2D eigenvalue weighted by Crippen LogP contribution is -2.39. The van der Waals surface area contributed by atoms with E-state index in [4.69, 9.17) is 5.11 Å². The zero-order chi connectivity index (χ0) is 14.7. The molecule has 2 aromatic rings. The molecule has 2 rings (SSSR count). The van der Waals surface area contributed by atoms with Gasteiger partial charge in [0, 0.05) is 12.6 Å². The smallest absolute Gasteiger partial charge is 0.350 e. The van der Waals surface area contributed by atoms with Crippen molar-refractivity contribution < 1.29 is 14.7 Å². The van der Waals surface area contributed by atoms with E-state index >= 15 is 0 Å². The maximum atomic E-state index is 11.9. The minimum absolute atomic E-state index is 0.0125. The number of carbonyl (C=O) groups is 2. The number of carbonyl (C=O) groups excluding carboxylic acids is 1. The fourth-order valence-corrected chi connectivity index (χ4v) is 1.70. The first-order valence-corrected chi connectivity index (χ1v) is 6.05. The summed E-state index contributed by atoms with van der Waals surface area (Å²) >= 11 is 0. The Morgan fingerprint density at radius 2 is 2.20 bits per heavy atom. The molecular weight excluding hydrogens is 264 g/mol. The predicted octanol–water partition coefficient (Wildman–Crippen LogP) is -0.525. The van der Waals surface area contributed by atoms with E-state index in [1.807, 2.05) is 0 Å². The molecule has 0 aliphatic carbocycles. The largest absolute Gasteiger partial charge is 0.480 e. The van der Waals surface area contributed by atoms with Crippen LogP contribution in [0.15, 0.2) is 29.2 Å². The van der Waals surface area contributed by atoms with Crippen molar-refractivity contribution in [2.45, 2.75) is 25.9 Å². The number of aryl methyl sites for hydroxylation is 1. The molecule has 0 unspecified atom stereocenters. The second-order valence-electron chi connectivity index (χ2n) is 4.31. The summed E-state index contributed by atoms with van der Waals surface area (Å²) in [5, 5.41) is 15.1. The fraction of sp³-hybridized carbons (Fsp3) is 0.333. The Balaban J connectivity index is 2.03. The number of fused-ring (bicyclic) bond motifs is 1. The second-order valence-corrected chi connectivity index (χ2v) is 4.31. The van der Waals surface area contributed by atoms with Crippen LogP contribution in [-0.2, 0) is 16.1 Å². The van der Waals surface area contributed by atoms with E-state index in [-0.39, 0.29) is 18.7 Å². The molecule has 0 fully saturated rings. The molecule has 2 heterocycles. The zero-order valence-corrected chi connectivity index (χ0v) is 10.8. The molecule has 8 nitrogen and oxygen atoms in total. The zero-order valence-electron chi connectivity index (χ0n) is 10.8. The molecule has 0 aliphatic heterocycles. The van der Waals surface area contributed by atoms with Gasteiger partial charge in [0.05, 0.1) is 6.54 Å². The molecule has 0 saturated carbocycles. The van der Waals surface area contributed by atoms with Gasteiger partial charge in [-0.2, -0.15) is 0 Å². The van der Waals surface area contributed by atoms with E-state index in [0.717, 1.165) is 0 Å². The monoisotopic (exact) mass is 278 g/mol. The minimum Gasteiger partial charge on any atom is -0.480 e. The molecule has 2 N–H and O–H groups in total. The van der Waals surface area contributed by atoms with Gasteiger partial charge in [0.15, 0.2) is 5.65 Å². The number of aliphatic carboxylic acids is 1. The van der Waals surface area contributed by atoms with Crippen molar-refractivity contribution in [2.24, 2.45) is 0 Å². The Morgan fingerprint density at radius 1 is 1.45 bits per heavy atom. The topological polar surface area (TPSA) is 106 Å². The molecule has 0 saturated heterocycles. The minimum atomic E-state index is -1.11. The lowest BCUT2D eigenvalue weighted by atomic mass is 10.3. The summed E-state index contributed by atoms with van der Waals surface area (Å²) in [5.74, 6) is -1.55. The third kappa shape index (κ3) is 2.85. The van der Waals surface area contributed by atoms with Gasteiger partial charge in [0.2, 0.25) is 5.91 Å².